The van der Waals surface area contributed by atoms with Crippen LogP contribution in [0.4, 0.5) is 5.69 Å². The van der Waals surface area contributed by atoms with Gasteiger partial charge in [-0.2, -0.15) is 5.10 Å². The van der Waals surface area contributed by atoms with E-state index in [-0.39, 0.29) is 0 Å². The molecule has 0 saturated heterocycles. The number of fused-ring (bicyclic) bond motifs is 1. The molecular formula is C19H14BrN3O2. The van der Waals surface area contributed by atoms with E-state index in [0.29, 0.717) is 5.69 Å². The van der Waals surface area contributed by atoms with Gasteiger partial charge in [-0.3, -0.25) is 9.59 Å². The van der Waals surface area contributed by atoms with E-state index < -0.39 is 11.8 Å². The van der Waals surface area contributed by atoms with Gasteiger partial charge in [0.1, 0.15) is 0 Å². The summed E-state index contributed by atoms with van der Waals surface area (Å²) in [5.41, 5.74) is 3.59. The van der Waals surface area contributed by atoms with E-state index in [4.69, 9.17) is 0 Å². The first-order chi connectivity index (χ1) is 12.1. The highest BCUT2D eigenvalue weighted by Gasteiger charge is 2.14. The number of rotatable bonds is 3. The highest BCUT2D eigenvalue weighted by molar-refractivity contribution is 9.10. The Morgan fingerprint density at radius 1 is 0.880 bits per heavy atom. The fraction of sp³-hybridized carbons (Fsp3) is 0. The van der Waals surface area contributed by atoms with Crippen LogP contribution in [0.25, 0.3) is 10.8 Å². The Labute approximate surface area is 152 Å². The SMILES string of the molecule is O=C(N/N=C\c1ccccc1Br)C(=O)Nc1cccc2ccccc12. The van der Waals surface area contributed by atoms with Crippen molar-refractivity contribution >= 4 is 50.4 Å². The normalized spacial score (nSPS) is 10.8. The summed E-state index contributed by atoms with van der Waals surface area (Å²) < 4.78 is 0.841. The molecule has 0 atom stereocenters. The average molecular weight is 396 g/mol. The molecule has 0 heterocycles. The first-order valence-corrected chi connectivity index (χ1v) is 8.31. The van der Waals surface area contributed by atoms with Gasteiger partial charge < -0.3 is 5.32 Å². The second-order valence-corrected chi connectivity index (χ2v) is 6.06. The maximum Gasteiger partial charge on any atom is 0.329 e. The van der Waals surface area contributed by atoms with E-state index in [0.717, 1.165) is 20.8 Å². The maximum atomic E-state index is 12.1. The molecule has 2 amide bonds. The highest BCUT2D eigenvalue weighted by Crippen LogP contribution is 2.22. The zero-order valence-electron chi connectivity index (χ0n) is 13.1. The lowest BCUT2D eigenvalue weighted by Gasteiger charge is -2.07. The number of halogens is 1. The molecule has 0 aliphatic heterocycles. The summed E-state index contributed by atoms with van der Waals surface area (Å²) >= 11 is 3.38. The standard InChI is InChI=1S/C19H14BrN3O2/c20-16-10-4-2-7-14(16)12-21-23-19(25)18(24)22-17-11-5-8-13-6-1-3-9-15(13)17/h1-12H,(H,22,24)(H,23,25)/b21-12-. The van der Waals surface area contributed by atoms with E-state index >= 15 is 0 Å². The van der Waals surface area contributed by atoms with Gasteiger partial charge >= 0.3 is 11.8 Å². The minimum Gasteiger partial charge on any atom is -0.317 e. The van der Waals surface area contributed by atoms with E-state index in [1.54, 1.807) is 6.07 Å². The molecule has 3 aromatic rings. The van der Waals surface area contributed by atoms with Crippen LogP contribution in [0.1, 0.15) is 5.56 Å². The number of nitrogens with zero attached hydrogens (tertiary/aromatic N) is 1. The lowest BCUT2D eigenvalue weighted by Crippen LogP contribution is -2.32. The molecule has 0 saturated carbocycles. The summed E-state index contributed by atoms with van der Waals surface area (Å²) in [7, 11) is 0. The molecule has 6 heteroatoms. The zero-order valence-corrected chi connectivity index (χ0v) is 14.7. The van der Waals surface area contributed by atoms with Crippen molar-refractivity contribution < 1.29 is 9.59 Å². The zero-order chi connectivity index (χ0) is 17.6. The van der Waals surface area contributed by atoms with E-state index in [2.05, 4.69) is 31.8 Å². The van der Waals surface area contributed by atoms with Gasteiger partial charge in [0.05, 0.1) is 6.21 Å². The fourth-order valence-electron chi connectivity index (χ4n) is 2.30. The summed E-state index contributed by atoms with van der Waals surface area (Å²) in [5.74, 6) is -1.61. The Morgan fingerprint density at radius 2 is 1.60 bits per heavy atom. The van der Waals surface area contributed by atoms with Crippen LogP contribution in [-0.2, 0) is 9.59 Å². The van der Waals surface area contributed by atoms with Crippen LogP contribution in [0.5, 0.6) is 0 Å². The largest absolute Gasteiger partial charge is 0.329 e. The van der Waals surface area contributed by atoms with Crippen LogP contribution in [0.3, 0.4) is 0 Å². The minimum atomic E-state index is -0.837. The van der Waals surface area contributed by atoms with Gasteiger partial charge in [-0.1, -0.05) is 70.5 Å². The summed E-state index contributed by atoms with van der Waals surface area (Å²) in [6, 6.07) is 20.5. The van der Waals surface area contributed by atoms with E-state index in [1.807, 2.05) is 60.7 Å². The summed E-state index contributed by atoms with van der Waals surface area (Å²) in [6.45, 7) is 0. The molecule has 3 aromatic carbocycles. The van der Waals surface area contributed by atoms with Crippen molar-refractivity contribution in [1.82, 2.24) is 5.43 Å². The van der Waals surface area contributed by atoms with Crippen molar-refractivity contribution in [3.05, 3.63) is 76.8 Å². The summed E-state index contributed by atoms with van der Waals surface area (Å²) in [5, 5.41) is 8.27. The van der Waals surface area contributed by atoms with Gasteiger partial charge in [-0.25, -0.2) is 5.43 Å². The van der Waals surface area contributed by atoms with Crippen molar-refractivity contribution in [3.63, 3.8) is 0 Å². The first-order valence-electron chi connectivity index (χ1n) is 7.52. The third-order valence-electron chi connectivity index (χ3n) is 3.52. The molecule has 0 radical (unpaired) electrons. The molecule has 0 aromatic heterocycles. The Kier molecular flexibility index (Phi) is 5.20. The molecule has 0 spiro atoms. The van der Waals surface area contributed by atoms with Crippen LogP contribution in [0, 0.1) is 0 Å². The lowest BCUT2D eigenvalue weighted by atomic mass is 10.1. The minimum absolute atomic E-state index is 0.577. The topological polar surface area (TPSA) is 70.6 Å². The predicted octanol–water partition coefficient (Wildman–Crippen LogP) is 3.69. The Hall–Kier alpha value is -2.99. The van der Waals surface area contributed by atoms with Gasteiger partial charge in [-0.15, -0.1) is 0 Å². The summed E-state index contributed by atoms with van der Waals surface area (Å²) in [4.78, 5) is 24.0. The summed E-state index contributed by atoms with van der Waals surface area (Å²) in [6.07, 6.45) is 1.47. The lowest BCUT2D eigenvalue weighted by molar-refractivity contribution is -0.136. The maximum absolute atomic E-state index is 12.1. The Balaban J connectivity index is 1.67. The molecule has 0 fully saturated rings. The second-order valence-electron chi connectivity index (χ2n) is 5.20. The molecule has 0 bridgehead atoms. The Bertz CT molecular complexity index is 964. The Morgan fingerprint density at radius 3 is 2.44 bits per heavy atom. The molecule has 5 nitrogen and oxygen atoms in total. The van der Waals surface area contributed by atoms with Gasteiger partial charge in [0.25, 0.3) is 0 Å². The number of hydrogen-bond donors (Lipinski definition) is 2. The molecule has 3 rings (SSSR count). The third kappa shape index (κ3) is 4.10. The predicted molar refractivity (Wildman–Crippen MR) is 102 cm³/mol. The number of carbonyl (C=O) groups excluding carboxylic acids is 2. The number of hydrazone groups is 1. The van der Waals surface area contributed by atoms with Gasteiger partial charge in [-0.05, 0) is 17.5 Å². The molecular weight excluding hydrogens is 382 g/mol. The number of nitrogens with one attached hydrogen (secondary N) is 2. The van der Waals surface area contributed by atoms with Crippen LogP contribution in [0.15, 0.2) is 76.3 Å². The van der Waals surface area contributed by atoms with Gasteiger partial charge in [0, 0.05) is 21.1 Å². The quantitative estimate of drug-likeness (QED) is 0.403. The van der Waals surface area contributed by atoms with E-state index in [1.165, 1.54) is 6.21 Å². The highest BCUT2D eigenvalue weighted by atomic mass is 79.9. The van der Waals surface area contributed by atoms with Crippen LogP contribution in [0.2, 0.25) is 0 Å². The van der Waals surface area contributed by atoms with Crippen molar-refractivity contribution in [2.45, 2.75) is 0 Å². The fourth-order valence-corrected chi connectivity index (χ4v) is 2.69. The monoisotopic (exact) mass is 395 g/mol. The van der Waals surface area contributed by atoms with Gasteiger partial charge in [0.15, 0.2) is 0 Å². The van der Waals surface area contributed by atoms with Crippen molar-refractivity contribution in [2.24, 2.45) is 5.10 Å². The molecule has 0 aliphatic carbocycles. The third-order valence-corrected chi connectivity index (χ3v) is 4.24. The number of carbonyl (C=O) groups is 2. The van der Waals surface area contributed by atoms with Crippen LogP contribution >= 0.6 is 15.9 Å². The van der Waals surface area contributed by atoms with Crippen molar-refractivity contribution in [3.8, 4) is 0 Å². The van der Waals surface area contributed by atoms with E-state index in [9.17, 15) is 9.59 Å². The molecule has 2 N–H and O–H groups in total. The molecule has 25 heavy (non-hydrogen) atoms. The first kappa shape index (κ1) is 16.9. The number of anilines is 1. The van der Waals surface area contributed by atoms with Crippen molar-refractivity contribution in [1.29, 1.82) is 0 Å². The number of benzene rings is 3. The molecule has 124 valence electrons. The van der Waals surface area contributed by atoms with Crippen LogP contribution in [-0.4, -0.2) is 18.0 Å². The van der Waals surface area contributed by atoms with Crippen LogP contribution < -0.4 is 10.7 Å². The van der Waals surface area contributed by atoms with Gasteiger partial charge in [0.2, 0.25) is 0 Å². The average Bonchev–Trinajstić information content (AvgIpc) is 2.63. The number of amides is 2. The molecule has 0 aliphatic rings. The second kappa shape index (κ2) is 7.72. The molecule has 0 unspecified atom stereocenters. The smallest absolute Gasteiger partial charge is 0.317 e. The van der Waals surface area contributed by atoms with Crippen molar-refractivity contribution in [2.75, 3.05) is 5.32 Å². The number of hydrogen-bond acceptors (Lipinski definition) is 3.